The molecule has 0 bridgehead atoms. The molecule has 0 aliphatic rings. The summed E-state index contributed by atoms with van der Waals surface area (Å²) in [5, 5.41) is 0. The third-order valence-corrected chi connectivity index (χ3v) is 6.94. The lowest BCUT2D eigenvalue weighted by molar-refractivity contribution is 0.294. The van der Waals surface area contributed by atoms with Gasteiger partial charge in [0.1, 0.15) is 11.5 Å². The zero-order valence-corrected chi connectivity index (χ0v) is 26.1. The van der Waals surface area contributed by atoms with Crippen molar-refractivity contribution in [1.29, 1.82) is 0 Å². The van der Waals surface area contributed by atoms with Crippen molar-refractivity contribution in [1.82, 2.24) is 0 Å². The van der Waals surface area contributed by atoms with Crippen LogP contribution in [0.25, 0.3) is 0 Å². The molecule has 0 saturated heterocycles. The Labute approximate surface area is 229 Å². The summed E-state index contributed by atoms with van der Waals surface area (Å²) in [5.74, 6) is 1.75. The number of ether oxygens (including phenoxy) is 2. The molecule has 0 heterocycles. The summed E-state index contributed by atoms with van der Waals surface area (Å²) in [6.45, 7) is 5.97. The second-order valence-corrected chi connectivity index (χ2v) is 11.6. The molecule has 2 nitrogen and oxygen atoms in total. The molecule has 2 aromatic carbocycles. The zero-order valence-electron chi connectivity index (χ0n) is 18.2. The van der Waals surface area contributed by atoms with E-state index in [0.717, 1.165) is 59.9 Å². The number of unbranched alkanes of at least 4 members (excludes halogenated alkanes) is 6. The summed E-state index contributed by atoms with van der Waals surface area (Å²) in [7, 11) is 0. The molecule has 0 radical (unpaired) electrons. The van der Waals surface area contributed by atoms with Gasteiger partial charge in [-0.1, -0.05) is 100 Å². The van der Waals surface area contributed by atoms with Crippen LogP contribution in [0.4, 0.5) is 0 Å². The van der Waals surface area contributed by atoms with E-state index in [1.54, 1.807) is 0 Å². The minimum Gasteiger partial charge on any atom is -0.492 e. The van der Waals surface area contributed by atoms with Crippen LogP contribution in [-0.2, 0) is 0 Å². The lowest BCUT2D eigenvalue weighted by Crippen LogP contribution is -2.01. The Hall–Kier alpha value is 0.440. The minimum atomic E-state index is 0.766. The molecule has 0 aliphatic heterocycles. The average molecular weight is 751 g/mol. The van der Waals surface area contributed by atoms with Crippen molar-refractivity contribution in [2.45, 2.75) is 65.2 Å². The van der Waals surface area contributed by atoms with Crippen LogP contribution in [-0.4, -0.2) is 13.2 Å². The van der Waals surface area contributed by atoms with Crippen LogP contribution in [0.2, 0.25) is 0 Å². The lowest BCUT2D eigenvalue weighted by Gasteiger charge is -2.13. The summed E-state index contributed by atoms with van der Waals surface area (Å²) in [6, 6.07) is 9.96. The molecule has 0 unspecified atom stereocenters. The first-order valence-corrected chi connectivity index (χ1v) is 14.7. The van der Waals surface area contributed by atoms with Gasteiger partial charge >= 0.3 is 0 Å². The Kier molecular flexibility index (Phi) is 17.0. The van der Waals surface area contributed by atoms with Gasteiger partial charge in [0.15, 0.2) is 0 Å². The fourth-order valence-electron chi connectivity index (χ4n) is 2.67. The normalized spacial score (nSPS) is 10.4. The molecule has 0 aliphatic carbocycles. The maximum atomic E-state index is 5.84. The third-order valence-electron chi connectivity index (χ3n) is 4.32. The van der Waals surface area contributed by atoms with E-state index >= 15 is 0 Å². The van der Waals surface area contributed by atoms with Gasteiger partial charge in [-0.25, -0.2) is 0 Å². The second-order valence-electron chi connectivity index (χ2n) is 7.12. The highest BCUT2D eigenvalue weighted by atomic mass is 79.9. The smallest absolute Gasteiger partial charge is 0.134 e. The minimum absolute atomic E-state index is 0.766. The van der Waals surface area contributed by atoms with E-state index in [4.69, 9.17) is 9.47 Å². The highest BCUT2D eigenvalue weighted by Gasteiger charge is 2.09. The second kappa shape index (κ2) is 17.9. The SMILES string of the molecule is Brc1cc(Br)cc(Br)c1.CCCCCCOc1cc(Br)c(OCCCCCC)cc1Br. The standard InChI is InChI=1S/C18H28Br2O2.C6H3Br3/c1-3-5-7-9-11-21-17-13-16(20)18(14-15(17)19)22-12-10-8-6-4-2;7-4-1-5(8)3-6(9)2-4/h13-14H,3-12H2,1-2H3;1-3H. The molecule has 7 heteroatoms. The topological polar surface area (TPSA) is 18.5 Å². The lowest BCUT2D eigenvalue weighted by atomic mass is 10.2. The van der Waals surface area contributed by atoms with Crippen LogP contribution < -0.4 is 9.47 Å². The molecule has 0 aromatic heterocycles. The maximum absolute atomic E-state index is 5.84. The van der Waals surface area contributed by atoms with Gasteiger partial charge in [0.25, 0.3) is 0 Å². The van der Waals surface area contributed by atoms with Gasteiger partial charge in [-0.2, -0.15) is 0 Å². The van der Waals surface area contributed by atoms with Crippen LogP contribution in [0.1, 0.15) is 65.2 Å². The summed E-state index contributed by atoms with van der Waals surface area (Å²) < 4.78 is 16.8. The monoisotopic (exact) mass is 746 g/mol. The van der Waals surface area contributed by atoms with E-state index in [-0.39, 0.29) is 0 Å². The molecular weight excluding hydrogens is 720 g/mol. The van der Waals surface area contributed by atoms with Gasteiger partial charge in [0.05, 0.1) is 22.2 Å². The van der Waals surface area contributed by atoms with Gasteiger partial charge in [0.2, 0.25) is 0 Å². The van der Waals surface area contributed by atoms with E-state index in [0.29, 0.717) is 0 Å². The quantitative estimate of drug-likeness (QED) is 0.201. The fraction of sp³-hybridized carbons (Fsp3) is 0.500. The fourth-order valence-corrected chi connectivity index (χ4v) is 5.95. The Balaban J connectivity index is 0.000000442. The largest absolute Gasteiger partial charge is 0.492 e. The summed E-state index contributed by atoms with van der Waals surface area (Å²) in [4.78, 5) is 0. The van der Waals surface area contributed by atoms with E-state index < -0.39 is 0 Å². The third kappa shape index (κ3) is 13.7. The number of hydrogen-bond donors (Lipinski definition) is 0. The van der Waals surface area contributed by atoms with Gasteiger partial charge in [-0.3, -0.25) is 0 Å². The van der Waals surface area contributed by atoms with Crippen LogP contribution >= 0.6 is 79.6 Å². The Morgan fingerprint density at radius 2 is 0.871 bits per heavy atom. The number of rotatable bonds is 12. The predicted molar refractivity (Wildman–Crippen MR) is 151 cm³/mol. The van der Waals surface area contributed by atoms with Crippen molar-refractivity contribution in [2.75, 3.05) is 13.2 Å². The van der Waals surface area contributed by atoms with Gasteiger partial charge < -0.3 is 9.47 Å². The van der Waals surface area contributed by atoms with Crippen LogP contribution in [0.15, 0.2) is 52.7 Å². The van der Waals surface area contributed by atoms with E-state index in [1.165, 1.54) is 38.5 Å². The van der Waals surface area contributed by atoms with Crippen LogP contribution in [0.3, 0.4) is 0 Å². The van der Waals surface area contributed by atoms with E-state index in [1.807, 2.05) is 30.3 Å². The zero-order chi connectivity index (χ0) is 23.1. The first-order valence-electron chi connectivity index (χ1n) is 10.7. The molecule has 0 atom stereocenters. The Morgan fingerprint density at radius 1 is 0.516 bits per heavy atom. The van der Waals surface area contributed by atoms with Crippen molar-refractivity contribution in [3.8, 4) is 11.5 Å². The van der Waals surface area contributed by atoms with Crippen LogP contribution in [0.5, 0.6) is 11.5 Å². The summed E-state index contributed by atoms with van der Waals surface area (Å²) >= 11 is 17.2. The molecule has 0 fully saturated rings. The predicted octanol–water partition coefficient (Wildman–Crippen LogP) is 11.1. The first-order chi connectivity index (χ1) is 14.9. The molecule has 0 N–H and O–H groups in total. The number of halogens is 5. The van der Waals surface area contributed by atoms with Crippen molar-refractivity contribution >= 4 is 79.6 Å². The molecule has 2 rings (SSSR count). The Bertz CT molecular complexity index is 678. The molecular formula is C24H31Br5O2. The molecule has 31 heavy (non-hydrogen) atoms. The summed E-state index contributed by atoms with van der Waals surface area (Å²) in [5.41, 5.74) is 0. The van der Waals surface area contributed by atoms with Crippen molar-refractivity contribution < 1.29 is 9.47 Å². The highest BCUT2D eigenvalue weighted by Crippen LogP contribution is 2.36. The van der Waals surface area contributed by atoms with E-state index in [2.05, 4.69) is 93.5 Å². The van der Waals surface area contributed by atoms with Crippen molar-refractivity contribution in [2.24, 2.45) is 0 Å². The molecule has 174 valence electrons. The van der Waals surface area contributed by atoms with Crippen molar-refractivity contribution in [3.63, 3.8) is 0 Å². The molecule has 0 amide bonds. The summed E-state index contributed by atoms with van der Waals surface area (Å²) in [6.07, 6.45) is 9.72. The molecule has 2 aromatic rings. The van der Waals surface area contributed by atoms with Gasteiger partial charge in [-0.05, 0) is 75.0 Å². The van der Waals surface area contributed by atoms with Crippen LogP contribution in [0, 0.1) is 0 Å². The van der Waals surface area contributed by atoms with Gasteiger partial charge in [-0.15, -0.1) is 0 Å². The highest BCUT2D eigenvalue weighted by molar-refractivity contribution is 9.11. The van der Waals surface area contributed by atoms with E-state index in [9.17, 15) is 0 Å². The number of hydrogen-bond acceptors (Lipinski definition) is 2. The number of benzene rings is 2. The Morgan fingerprint density at radius 3 is 1.19 bits per heavy atom. The van der Waals surface area contributed by atoms with Crippen molar-refractivity contribution in [3.05, 3.63) is 52.7 Å². The average Bonchev–Trinajstić information content (AvgIpc) is 2.70. The first kappa shape index (κ1) is 29.5. The maximum Gasteiger partial charge on any atom is 0.134 e. The van der Waals surface area contributed by atoms with Gasteiger partial charge in [0, 0.05) is 13.4 Å². The molecule has 0 saturated carbocycles. The molecule has 0 spiro atoms.